The van der Waals surface area contributed by atoms with Crippen LogP contribution in [0.2, 0.25) is 0 Å². The van der Waals surface area contributed by atoms with Crippen LogP contribution in [0.3, 0.4) is 0 Å². The van der Waals surface area contributed by atoms with Crippen molar-refractivity contribution in [3.8, 4) is 0 Å². The van der Waals surface area contributed by atoms with Crippen molar-refractivity contribution in [1.29, 1.82) is 0 Å². The van der Waals surface area contributed by atoms with Crippen molar-refractivity contribution >= 4 is 23.6 Å². The van der Waals surface area contributed by atoms with Crippen LogP contribution in [0.25, 0.3) is 0 Å². The van der Waals surface area contributed by atoms with Gasteiger partial charge in [-0.2, -0.15) is 0 Å². The lowest BCUT2D eigenvalue weighted by Gasteiger charge is -2.26. The summed E-state index contributed by atoms with van der Waals surface area (Å²) in [6, 6.07) is -0.628. The molecule has 2 rings (SSSR count). The summed E-state index contributed by atoms with van der Waals surface area (Å²) < 4.78 is 0. The van der Waals surface area contributed by atoms with E-state index in [1.807, 2.05) is 6.92 Å². The average molecular weight is 299 g/mol. The third-order valence-electron chi connectivity index (χ3n) is 4.52. The van der Waals surface area contributed by atoms with Crippen LogP contribution in [0.1, 0.15) is 58.3 Å². The van der Waals surface area contributed by atoms with Gasteiger partial charge in [0.05, 0.1) is 5.37 Å². The summed E-state index contributed by atoms with van der Waals surface area (Å²) in [4.78, 5) is 25.0. The largest absolute Gasteiger partial charge is 0.480 e. The van der Waals surface area contributed by atoms with Gasteiger partial charge in [-0.3, -0.25) is 4.79 Å². The number of hydrogen-bond donors (Lipinski definition) is 1. The predicted molar refractivity (Wildman–Crippen MR) is 80.6 cm³/mol. The quantitative estimate of drug-likeness (QED) is 0.847. The lowest BCUT2D eigenvalue weighted by atomic mass is 9.86. The monoisotopic (exact) mass is 299 g/mol. The Morgan fingerprint density at radius 3 is 2.60 bits per heavy atom. The smallest absolute Gasteiger partial charge is 0.327 e. The number of amides is 1. The van der Waals surface area contributed by atoms with Gasteiger partial charge in [0.1, 0.15) is 6.04 Å². The van der Waals surface area contributed by atoms with Gasteiger partial charge in [-0.25, -0.2) is 4.79 Å². The fraction of sp³-hybridized carbons (Fsp3) is 0.867. The topological polar surface area (TPSA) is 57.6 Å². The third kappa shape index (κ3) is 3.90. The number of hydrogen-bond acceptors (Lipinski definition) is 3. The second-order valence-electron chi connectivity index (χ2n) is 5.98. The number of carboxylic acids is 1. The number of rotatable bonds is 5. The maximum atomic E-state index is 12.3. The molecular formula is C15H25NO3S. The Labute approximate surface area is 125 Å². The summed E-state index contributed by atoms with van der Waals surface area (Å²) >= 11 is 1.56. The summed E-state index contributed by atoms with van der Waals surface area (Å²) in [6.45, 7) is 1.92. The molecule has 5 heteroatoms. The Hall–Kier alpha value is -0.710. The third-order valence-corrected chi connectivity index (χ3v) is 5.74. The minimum Gasteiger partial charge on any atom is -0.480 e. The second kappa shape index (κ2) is 7.34. The van der Waals surface area contributed by atoms with E-state index in [1.165, 1.54) is 32.1 Å². The van der Waals surface area contributed by atoms with E-state index in [4.69, 9.17) is 0 Å². The molecular weight excluding hydrogens is 274 g/mol. The molecule has 0 spiro atoms. The standard InChI is InChI=1S/C15H25NO3S/c1-11-16(13(10-20-11)15(18)19)14(17)9-5-8-12-6-3-2-4-7-12/h11-13H,2-10H2,1H3,(H,18,19). The minimum atomic E-state index is -0.873. The van der Waals surface area contributed by atoms with E-state index in [-0.39, 0.29) is 11.3 Å². The van der Waals surface area contributed by atoms with Crippen LogP contribution in [-0.2, 0) is 9.59 Å². The van der Waals surface area contributed by atoms with Crippen molar-refractivity contribution in [2.75, 3.05) is 5.75 Å². The Morgan fingerprint density at radius 2 is 1.95 bits per heavy atom. The Kier molecular flexibility index (Phi) is 5.75. The summed E-state index contributed by atoms with van der Waals surface area (Å²) in [5, 5.41) is 9.17. The molecule has 1 aliphatic carbocycles. The highest BCUT2D eigenvalue weighted by Gasteiger charge is 2.38. The van der Waals surface area contributed by atoms with Gasteiger partial charge in [0.15, 0.2) is 0 Å². The first-order chi connectivity index (χ1) is 9.59. The molecule has 1 aliphatic heterocycles. The molecule has 0 aromatic carbocycles. The molecule has 0 aromatic heterocycles. The van der Waals surface area contributed by atoms with Crippen molar-refractivity contribution in [2.24, 2.45) is 5.92 Å². The summed E-state index contributed by atoms with van der Waals surface area (Å²) in [5.74, 6) is 0.454. The summed E-state index contributed by atoms with van der Waals surface area (Å²) in [7, 11) is 0. The Morgan fingerprint density at radius 1 is 1.25 bits per heavy atom. The fourth-order valence-corrected chi connectivity index (χ4v) is 4.55. The molecule has 0 aromatic rings. The van der Waals surface area contributed by atoms with E-state index in [0.29, 0.717) is 12.2 Å². The van der Waals surface area contributed by atoms with Crippen LogP contribution < -0.4 is 0 Å². The van der Waals surface area contributed by atoms with Crippen LogP contribution in [0.4, 0.5) is 0 Å². The van der Waals surface area contributed by atoms with Gasteiger partial charge in [-0.05, 0) is 25.7 Å². The summed E-state index contributed by atoms with van der Waals surface area (Å²) in [5.41, 5.74) is 0. The van der Waals surface area contributed by atoms with E-state index in [0.717, 1.165) is 18.8 Å². The number of aliphatic carboxylic acids is 1. The molecule has 1 saturated heterocycles. The highest BCUT2D eigenvalue weighted by molar-refractivity contribution is 8.00. The molecule has 114 valence electrons. The van der Waals surface area contributed by atoms with Crippen LogP contribution >= 0.6 is 11.8 Å². The zero-order valence-electron chi connectivity index (χ0n) is 12.2. The molecule has 2 atom stereocenters. The van der Waals surface area contributed by atoms with Crippen LogP contribution in [0.5, 0.6) is 0 Å². The zero-order chi connectivity index (χ0) is 14.5. The predicted octanol–water partition coefficient (Wildman–Crippen LogP) is 3.11. The molecule has 1 N–H and O–H groups in total. The number of carboxylic acid groups (broad SMARTS) is 1. The number of carbonyl (C=O) groups is 2. The fourth-order valence-electron chi connectivity index (χ4n) is 3.36. The molecule has 0 radical (unpaired) electrons. The molecule has 2 unspecified atom stereocenters. The van der Waals surface area contributed by atoms with Gasteiger partial charge < -0.3 is 10.0 Å². The number of carbonyl (C=O) groups excluding carboxylic acids is 1. The number of thioether (sulfide) groups is 1. The normalized spacial score (nSPS) is 27.8. The molecule has 2 fully saturated rings. The van der Waals surface area contributed by atoms with Crippen molar-refractivity contribution < 1.29 is 14.7 Å². The molecule has 20 heavy (non-hydrogen) atoms. The summed E-state index contributed by atoms with van der Waals surface area (Å²) in [6.07, 6.45) is 9.18. The van der Waals surface area contributed by atoms with Crippen LogP contribution in [-0.4, -0.2) is 39.1 Å². The van der Waals surface area contributed by atoms with Gasteiger partial charge in [0.2, 0.25) is 5.91 Å². The maximum absolute atomic E-state index is 12.3. The van der Waals surface area contributed by atoms with Gasteiger partial charge in [0, 0.05) is 12.2 Å². The first-order valence-corrected chi connectivity index (χ1v) is 8.80. The van der Waals surface area contributed by atoms with Crippen molar-refractivity contribution in [3.05, 3.63) is 0 Å². The highest BCUT2D eigenvalue weighted by atomic mass is 32.2. The van der Waals surface area contributed by atoms with Crippen LogP contribution in [0.15, 0.2) is 0 Å². The zero-order valence-corrected chi connectivity index (χ0v) is 13.0. The minimum absolute atomic E-state index is 0.00159. The first-order valence-electron chi connectivity index (χ1n) is 7.75. The van der Waals surface area contributed by atoms with Gasteiger partial charge in [0.25, 0.3) is 0 Å². The molecule has 1 saturated carbocycles. The second-order valence-corrected chi connectivity index (χ2v) is 7.33. The highest BCUT2D eigenvalue weighted by Crippen LogP contribution is 2.31. The Balaban J connectivity index is 1.76. The van der Waals surface area contributed by atoms with E-state index < -0.39 is 12.0 Å². The average Bonchev–Trinajstić information content (AvgIpc) is 2.82. The van der Waals surface area contributed by atoms with Crippen molar-refractivity contribution in [3.63, 3.8) is 0 Å². The first kappa shape index (κ1) is 15.7. The Bertz CT molecular complexity index is 355. The number of nitrogens with zero attached hydrogens (tertiary/aromatic N) is 1. The SMILES string of the molecule is CC1SCC(C(=O)O)N1C(=O)CCCC1CCCCC1. The molecule has 2 aliphatic rings. The van der Waals surface area contributed by atoms with Gasteiger partial charge in [-0.15, -0.1) is 11.8 Å². The van der Waals surface area contributed by atoms with E-state index in [2.05, 4.69) is 0 Å². The maximum Gasteiger partial charge on any atom is 0.327 e. The molecule has 4 nitrogen and oxygen atoms in total. The van der Waals surface area contributed by atoms with E-state index in [9.17, 15) is 14.7 Å². The van der Waals surface area contributed by atoms with E-state index in [1.54, 1.807) is 16.7 Å². The van der Waals surface area contributed by atoms with Crippen molar-refractivity contribution in [1.82, 2.24) is 4.90 Å². The van der Waals surface area contributed by atoms with Crippen molar-refractivity contribution in [2.45, 2.75) is 69.7 Å². The molecule has 1 heterocycles. The molecule has 0 bridgehead atoms. The van der Waals surface area contributed by atoms with E-state index >= 15 is 0 Å². The lowest BCUT2D eigenvalue weighted by molar-refractivity contribution is -0.149. The molecule has 1 amide bonds. The van der Waals surface area contributed by atoms with Gasteiger partial charge in [-0.1, -0.05) is 32.1 Å². The van der Waals surface area contributed by atoms with Gasteiger partial charge >= 0.3 is 5.97 Å². The van der Waals surface area contributed by atoms with Crippen LogP contribution in [0, 0.1) is 5.92 Å². The lowest BCUT2D eigenvalue weighted by Crippen LogP contribution is -2.44.